The quantitative estimate of drug-likeness (QED) is 0.709. The van der Waals surface area contributed by atoms with Gasteiger partial charge in [0.05, 0.1) is 11.8 Å². The van der Waals surface area contributed by atoms with Gasteiger partial charge in [-0.1, -0.05) is 43.7 Å². The zero-order chi connectivity index (χ0) is 13.8. The van der Waals surface area contributed by atoms with Gasteiger partial charge in [-0.3, -0.25) is 4.98 Å². The molecule has 0 spiro atoms. The fraction of sp³-hybridized carbons (Fsp3) is 0.176. The van der Waals surface area contributed by atoms with Crippen LogP contribution in [0.15, 0.2) is 53.4 Å². The molecule has 0 aliphatic carbocycles. The van der Waals surface area contributed by atoms with E-state index in [1.165, 1.54) is 6.39 Å². The summed E-state index contributed by atoms with van der Waals surface area (Å²) in [6.45, 7) is 2.15. The standard InChI is InChI=1S/C17H15N2O/c1-2-6-14-9-15(13-7-4-3-5-8-13)16(10-19-14)17-11-18-12-20-17/h3-5,7-9,11-12H,2,6H2,1H3. The number of aromatic nitrogens is 2. The van der Waals surface area contributed by atoms with E-state index in [0.717, 1.165) is 35.2 Å². The second kappa shape index (κ2) is 5.70. The molecular weight excluding hydrogens is 248 g/mol. The van der Waals surface area contributed by atoms with E-state index in [1.807, 2.05) is 18.2 Å². The SMILES string of the molecule is CCCc1cc(-c2ccccc2)c(-c2cnco2)[c]n1. The number of nitrogens with zero attached hydrogens (tertiary/aromatic N) is 2. The highest BCUT2D eigenvalue weighted by atomic mass is 16.3. The fourth-order valence-corrected chi connectivity index (χ4v) is 2.22. The second-order valence-corrected chi connectivity index (χ2v) is 4.63. The predicted octanol–water partition coefficient (Wildman–Crippen LogP) is 4.16. The van der Waals surface area contributed by atoms with Crippen molar-refractivity contribution in [1.29, 1.82) is 0 Å². The summed E-state index contributed by atoms with van der Waals surface area (Å²) in [6.07, 6.45) is 8.25. The average molecular weight is 263 g/mol. The van der Waals surface area contributed by atoms with Gasteiger partial charge in [0.15, 0.2) is 12.2 Å². The van der Waals surface area contributed by atoms with Crippen molar-refractivity contribution in [2.75, 3.05) is 0 Å². The van der Waals surface area contributed by atoms with E-state index >= 15 is 0 Å². The smallest absolute Gasteiger partial charge is 0.181 e. The maximum atomic E-state index is 5.40. The molecule has 2 heterocycles. The van der Waals surface area contributed by atoms with Gasteiger partial charge >= 0.3 is 0 Å². The normalized spacial score (nSPS) is 10.7. The van der Waals surface area contributed by atoms with Crippen LogP contribution in [0, 0.1) is 6.20 Å². The Labute approximate surface area is 118 Å². The Bertz CT molecular complexity index is 675. The van der Waals surface area contributed by atoms with E-state index in [9.17, 15) is 0 Å². The molecule has 0 amide bonds. The number of rotatable bonds is 4. The minimum atomic E-state index is 0.694. The number of hydrogen-bond acceptors (Lipinski definition) is 3. The lowest BCUT2D eigenvalue weighted by molar-refractivity contribution is 0.571. The lowest BCUT2D eigenvalue weighted by Gasteiger charge is -2.09. The summed E-state index contributed by atoms with van der Waals surface area (Å²) < 4.78 is 5.40. The molecule has 99 valence electrons. The molecule has 0 unspecified atom stereocenters. The first-order valence-electron chi connectivity index (χ1n) is 6.74. The number of pyridine rings is 1. The van der Waals surface area contributed by atoms with Gasteiger partial charge in [-0.05, 0) is 23.6 Å². The lowest BCUT2D eigenvalue weighted by atomic mass is 9.98. The van der Waals surface area contributed by atoms with Gasteiger partial charge in [0.25, 0.3) is 0 Å². The fourth-order valence-electron chi connectivity index (χ4n) is 2.22. The summed E-state index contributed by atoms with van der Waals surface area (Å²) in [5.41, 5.74) is 4.12. The van der Waals surface area contributed by atoms with Crippen molar-refractivity contribution in [3.63, 3.8) is 0 Å². The molecule has 20 heavy (non-hydrogen) atoms. The maximum absolute atomic E-state index is 5.40. The molecule has 1 radical (unpaired) electrons. The van der Waals surface area contributed by atoms with Crippen LogP contribution in [0.4, 0.5) is 0 Å². The highest BCUT2D eigenvalue weighted by Gasteiger charge is 2.12. The zero-order valence-electron chi connectivity index (χ0n) is 11.3. The summed E-state index contributed by atoms with van der Waals surface area (Å²) in [4.78, 5) is 8.38. The van der Waals surface area contributed by atoms with Gasteiger partial charge in [0.2, 0.25) is 0 Å². The Hall–Kier alpha value is -2.42. The first-order chi connectivity index (χ1) is 9.88. The third-order valence-electron chi connectivity index (χ3n) is 3.16. The van der Waals surface area contributed by atoms with Crippen LogP contribution in [0.25, 0.3) is 22.5 Å². The van der Waals surface area contributed by atoms with Crippen molar-refractivity contribution in [3.8, 4) is 22.5 Å². The number of hydrogen-bond donors (Lipinski definition) is 0. The van der Waals surface area contributed by atoms with Crippen molar-refractivity contribution in [3.05, 3.63) is 60.9 Å². The number of aryl methyl sites for hydroxylation is 1. The molecule has 0 bridgehead atoms. The van der Waals surface area contributed by atoms with Crippen molar-refractivity contribution >= 4 is 0 Å². The van der Waals surface area contributed by atoms with Gasteiger partial charge in [-0.25, -0.2) is 4.98 Å². The van der Waals surface area contributed by atoms with Crippen molar-refractivity contribution in [1.82, 2.24) is 9.97 Å². The molecule has 1 aromatic carbocycles. The van der Waals surface area contributed by atoms with Crippen LogP contribution in [0.1, 0.15) is 19.0 Å². The minimum absolute atomic E-state index is 0.694. The Morgan fingerprint density at radius 2 is 2.05 bits per heavy atom. The summed E-state index contributed by atoms with van der Waals surface area (Å²) in [6, 6.07) is 12.3. The van der Waals surface area contributed by atoms with Crippen LogP contribution in [0.2, 0.25) is 0 Å². The van der Waals surface area contributed by atoms with Gasteiger partial charge in [-0.15, -0.1) is 0 Å². The highest BCUT2D eigenvalue weighted by molar-refractivity contribution is 5.80. The predicted molar refractivity (Wildman–Crippen MR) is 78.0 cm³/mol. The molecule has 0 fully saturated rings. The third kappa shape index (κ3) is 2.48. The van der Waals surface area contributed by atoms with Gasteiger partial charge in [0.1, 0.15) is 6.20 Å². The number of benzene rings is 1. The molecule has 0 atom stereocenters. The monoisotopic (exact) mass is 263 g/mol. The van der Waals surface area contributed by atoms with E-state index in [0.29, 0.717) is 5.76 Å². The summed E-state index contributed by atoms with van der Waals surface area (Å²) in [5, 5.41) is 0. The van der Waals surface area contributed by atoms with Crippen LogP contribution in [-0.2, 0) is 6.42 Å². The zero-order valence-corrected chi connectivity index (χ0v) is 11.3. The van der Waals surface area contributed by atoms with E-state index in [-0.39, 0.29) is 0 Å². The molecular formula is C17H15N2O. The molecule has 2 aromatic heterocycles. The van der Waals surface area contributed by atoms with Crippen LogP contribution in [0.5, 0.6) is 0 Å². The summed E-state index contributed by atoms with van der Waals surface area (Å²) in [7, 11) is 0. The molecule has 3 nitrogen and oxygen atoms in total. The molecule has 3 heteroatoms. The molecule has 0 N–H and O–H groups in total. The van der Waals surface area contributed by atoms with Gasteiger partial charge < -0.3 is 4.42 Å². The topological polar surface area (TPSA) is 38.9 Å². The largest absolute Gasteiger partial charge is 0.443 e. The Morgan fingerprint density at radius 3 is 2.75 bits per heavy atom. The van der Waals surface area contributed by atoms with Crippen LogP contribution in [-0.4, -0.2) is 9.97 Å². The molecule has 0 aliphatic heterocycles. The molecule has 3 aromatic rings. The summed E-state index contributed by atoms with van der Waals surface area (Å²) >= 11 is 0. The highest BCUT2D eigenvalue weighted by Crippen LogP contribution is 2.31. The Balaban J connectivity index is 2.15. The summed E-state index contributed by atoms with van der Waals surface area (Å²) in [5.74, 6) is 0.694. The van der Waals surface area contributed by atoms with Crippen LogP contribution in [0.3, 0.4) is 0 Å². The minimum Gasteiger partial charge on any atom is -0.443 e. The lowest BCUT2D eigenvalue weighted by Crippen LogP contribution is -1.93. The number of oxazole rings is 1. The van der Waals surface area contributed by atoms with Gasteiger partial charge in [-0.2, -0.15) is 0 Å². The van der Waals surface area contributed by atoms with Crippen LogP contribution >= 0.6 is 0 Å². The van der Waals surface area contributed by atoms with E-state index in [4.69, 9.17) is 4.42 Å². The van der Waals surface area contributed by atoms with Gasteiger partial charge in [0, 0.05) is 5.69 Å². The molecule has 0 saturated carbocycles. The first-order valence-corrected chi connectivity index (χ1v) is 6.74. The molecule has 3 rings (SSSR count). The van der Waals surface area contributed by atoms with Crippen molar-refractivity contribution in [2.45, 2.75) is 19.8 Å². The van der Waals surface area contributed by atoms with Crippen LogP contribution < -0.4 is 0 Å². The molecule has 0 aliphatic rings. The maximum Gasteiger partial charge on any atom is 0.181 e. The third-order valence-corrected chi connectivity index (χ3v) is 3.16. The molecule has 0 saturated heterocycles. The first kappa shape index (κ1) is 12.6. The average Bonchev–Trinajstić information content (AvgIpc) is 3.03. The van der Waals surface area contributed by atoms with E-state index in [2.05, 4.69) is 41.3 Å². The van der Waals surface area contributed by atoms with Crippen molar-refractivity contribution < 1.29 is 4.42 Å². The van der Waals surface area contributed by atoms with Crippen molar-refractivity contribution in [2.24, 2.45) is 0 Å². The Kier molecular flexibility index (Phi) is 3.59. The van der Waals surface area contributed by atoms with E-state index < -0.39 is 0 Å². The second-order valence-electron chi connectivity index (χ2n) is 4.63. The Morgan fingerprint density at radius 1 is 1.20 bits per heavy atom. The van der Waals surface area contributed by atoms with E-state index in [1.54, 1.807) is 6.20 Å².